The summed E-state index contributed by atoms with van der Waals surface area (Å²) in [6.45, 7) is 1.59. The molecule has 1 N–H and O–H groups in total. The normalized spacial score (nSPS) is 16.0. The first-order valence-corrected chi connectivity index (χ1v) is 12.8. The van der Waals surface area contributed by atoms with Gasteiger partial charge in [0.15, 0.2) is 0 Å². The lowest BCUT2D eigenvalue weighted by Crippen LogP contribution is -2.45. The minimum absolute atomic E-state index is 0.0354. The molecule has 0 radical (unpaired) electrons. The predicted molar refractivity (Wildman–Crippen MR) is 142 cm³/mol. The number of rotatable bonds is 7. The van der Waals surface area contributed by atoms with Crippen LogP contribution in [0.2, 0.25) is 0 Å². The third kappa shape index (κ3) is 5.06. The van der Waals surface area contributed by atoms with E-state index in [0.717, 1.165) is 48.8 Å². The maximum Gasteiger partial charge on any atom is 0.417 e. The molecule has 6 rings (SSSR count). The van der Waals surface area contributed by atoms with Gasteiger partial charge in [0, 0.05) is 41.7 Å². The summed E-state index contributed by atoms with van der Waals surface area (Å²) >= 11 is 0. The lowest BCUT2D eigenvalue weighted by atomic mass is 9.94. The van der Waals surface area contributed by atoms with Crippen molar-refractivity contribution in [3.63, 3.8) is 0 Å². The second-order valence-electron chi connectivity index (χ2n) is 10.1. The van der Waals surface area contributed by atoms with Gasteiger partial charge in [-0.05, 0) is 54.3 Å². The monoisotopic (exact) mass is 530 g/mol. The van der Waals surface area contributed by atoms with Gasteiger partial charge < -0.3 is 14.5 Å². The molecule has 0 spiro atoms. The maximum atomic E-state index is 13.7. The van der Waals surface area contributed by atoms with E-state index in [-0.39, 0.29) is 28.7 Å². The van der Waals surface area contributed by atoms with Crippen LogP contribution in [0.1, 0.15) is 46.0 Å². The molecule has 39 heavy (non-hydrogen) atoms. The van der Waals surface area contributed by atoms with E-state index in [1.165, 1.54) is 12.1 Å². The van der Waals surface area contributed by atoms with Crippen LogP contribution in [0, 0.1) is 5.92 Å². The molecule has 0 bridgehead atoms. The highest BCUT2D eigenvalue weighted by molar-refractivity contribution is 5.88. The van der Waals surface area contributed by atoms with Gasteiger partial charge in [-0.2, -0.15) is 13.2 Å². The minimum atomic E-state index is -4.48. The van der Waals surface area contributed by atoms with Crippen LogP contribution in [0.3, 0.4) is 0 Å². The van der Waals surface area contributed by atoms with Crippen molar-refractivity contribution in [1.29, 1.82) is 0 Å². The Morgan fingerprint density at radius 3 is 2.21 bits per heavy atom. The summed E-state index contributed by atoms with van der Waals surface area (Å²) in [6.07, 6.45) is 1.36. The van der Waals surface area contributed by atoms with E-state index in [1.54, 1.807) is 30.3 Å². The largest absolute Gasteiger partial charge is 0.478 e. The van der Waals surface area contributed by atoms with E-state index < -0.39 is 17.7 Å². The maximum absolute atomic E-state index is 13.7. The van der Waals surface area contributed by atoms with Gasteiger partial charge in [-0.1, -0.05) is 59.8 Å². The molecule has 1 aromatic heterocycles. The van der Waals surface area contributed by atoms with Crippen molar-refractivity contribution in [2.75, 3.05) is 18.0 Å². The third-order valence-corrected chi connectivity index (χ3v) is 7.33. The number of carboxylic acid groups (broad SMARTS) is 1. The number of nitrogens with zero attached hydrogens (tertiary/aromatic N) is 2. The van der Waals surface area contributed by atoms with Crippen LogP contribution in [0.4, 0.5) is 18.9 Å². The lowest BCUT2D eigenvalue weighted by molar-refractivity contribution is -0.137. The number of carbonyl (C=O) groups is 1. The summed E-state index contributed by atoms with van der Waals surface area (Å²) in [5.74, 6) is 0.177. The second-order valence-corrected chi connectivity index (χ2v) is 10.1. The number of aromatic nitrogens is 1. The number of aromatic carboxylic acids is 1. The van der Waals surface area contributed by atoms with Gasteiger partial charge >= 0.3 is 12.1 Å². The van der Waals surface area contributed by atoms with Gasteiger partial charge in [0.05, 0.1) is 11.1 Å². The quantitative estimate of drug-likeness (QED) is 0.265. The zero-order valence-electron chi connectivity index (χ0n) is 20.9. The Bertz CT molecular complexity index is 1530. The fourth-order valence-electron chi connectivity index (χ4n) is 4.99. The first-order valence-electron chi connectivity index (χ1n) is 12.8. The van der Waals surface area contributed by atoms with Crippen molar-refractivity contribution in [3.8, 4) is 22.4 Å². The fourth-order valence-corrected chi connectivity index (χ4v) is 4.99. The zero-order chi connectivity index (χ0) is 27.1. The molecule has 5 nitrogen and oxygen atoms in total. The molecule has 198 valence electrons. The highest BCUT2D eigenvalue weighted by Gasteiger charge is 2.37. The molecule has 2 aliphatic rings. The van der Waals surface area contributed by atoms with Crippen molar-refractivity contribution in [3.05, 3.63) is 101 Å². The summed E-state index contributed by atoms with van der Waals surface area (Å²) in [5, 5.41) is 13.2. The van der Waals surface area contributed by atoms with E-state index in [2.05, 4.69) is 10.1 Å². The molecule has 0 amide bonds. The van der Waals surface area contributed by atoms with Crippen LogP contribution in [0.5, 0.6) is 0 Å². The van der Waals surface area contributed by atoms with Crippen LogP contribution in [0.25, 0.3) is 28.5 Å². The Hall–Kier alpha value is -4.33. The van der Waals surface area contributed by atoms with Crippen LogP contribution in [-0.2, 0) is 6.18 Å². The van der Waals surface area contributed by atoms with Crippen molar-refractivity contribution in [1.82, 2.24) is 5.16 Å². The van der Waals surface area contributed by atoms with Gasteiger partial charge in [0.25, 0.3) is 0 Å². The molecular weight excluding hydrogens is 505 g/mol. The molecule has 1 saturated carbocycles. The average Bonchev–Trinajstić information content (AvgIpc) is 3.67. The lowest BCUT2D eigenvalue weighted by Gasteiger charge is -2.39. The van der Waals surface area contributed by atoms with E-state index in [9.17, 15) is 18.0 Å². The molecule has 0 atom stereocenters. The summed E-state index contributed by atoms with van der Waals surface area (Å²) in [5.41, 5.74) is 3.48. The average molecular weight is 531 g/mol. The Balaban J connectivity index is 1.16. The van der Waals surface area contributed by atoms with Gasteiger partial charge in [-0.25, -0.2) is 4.79 Å². The van der Waals surface area contributed by atoms with Gasteiger partial charge in [0.1, 0.15) is 11.5 Å². The van der Waals surface area contributed by atoms with Crippen molar-refractivity contribution >= 4 is 17.7 Å². The molecule has 0 unspecified atom stereocenters. The molecule has 1 saturated heterocycles. The molecule has 2 heterocycles. The van der Waals surface area contributed by atoms with Crippen molar-refractivity contribution in [2.24, 2.45) is 5.92 Å². The van der Waals surface area contributed by atoms with Gasteiger partial charge in [-0.3, -0.25) is 0 Å². The van der Waals surface area contributed by atoms with Gasteiger partial charge in [0.2, 0.25) is 0 Å². The summed E-state index contributed by atoms with van der Waals surface area (Å²) in [4.78, 5) is 13.3. The molecule has 1 aliphatic carbocycles. The van der Waals surface area contributed by atoms with E-state index in [1.807, 2.05) is 36.4 Å². The Morgan fingerprint density at radius 1 is 0.949 bits per heavy atom. The summed E-state index contributed by atoms with van der Waals surface area (Å²) in [7, 11) is 0. The SMILES string of the molecule is O=C(O)c1ccc(-c2ccc(N3CC(/C=C/c4c(-c5ccccc5C(F)(F)F)noc4C4CC4)C3)cc2)cc1. The first kappa shape index (κ1) is 25.0. The highest BCUT2D eigenvalue weighted by Crippen LogP contribution is 2.46. The summed E-state index contributed by atoms with van der Waals surface area (Å²) in [6, 6.07) is 20.4. The van der Waals surface area contributed by atoms with Crippen molar-refractivity contribution in [2.45, 2.75) is 24.9 Å². The van der Waals surface area contributed by atoms with Gasteiger partial charge in [-0.15, -0.1) is 0 Å². The Morgan fingerprint density at radius 2 is 1.59 bits per heavy atom. The second kappa shape index (κ2) is 9.76. The Kier molecular flexibility index (Phi) is 6.25. The molecule has 1 aliphatic heterocycles. The number of anilines is 1. The number of hydrogen-bond donors (Lipinski definition) is 1. The number of halogens is 3. The van der Waals surface area contributed by atoms with Crippen LogP contribution in [0.15, 0.2) is 83.4 Å². The smallest absolute Gasteiger partial charge is 0.417 e. The number of alkyl halides is 3. The number of carboxylic acids is 1. The molecule has 4 aromatic rings. The molecular formula is C31H25F3N2O3. The topological polar surface area (TPSA) is 66.6 Å². The molecule has 3 aromatic carbocycles. The van der Waals surface area contributed by atoms with Crippen LogP contribution >= 0.6 is 0 Å². The molecule has 2 fully saturated rings. The minimum Gasteiger partial charge on any atom is -0.478 e. The number of hydrogen-bond acceptors (Lipinski definition) is 4. The third-order valence-electron chi connectivity index (χ3n) is 7.33. The number of benzene rings is 3. The van der Waals surface area contributed by atoms with Crippen molar-refractivity contribution < 1.29 is 27.6 Å². The van der Waals surface area contributed by atoms with Crippen LogP contribution < -0.4 is 4.90 Å². The molecule has 8 heteroatoms. The highest BCUT2D eigenvalue weighted by atomic mass is 19.4. The summed E-state index contributed by atoms with van der Waals surface area (Å²) < 4.78 is 46.6. The van der Waals surface area contributed by atoms with E-state index in [0.29, 0.717) is 11.3 Å². The van der Waals surface area contributed by atoms with Crippen LogP contribution in [-0.4, -0.2) is 29.3 Å². The Labute approximate surface area is 223 Å². The van der Waals surface area contributed by atoms with E-state index >= 15 is 0 Å². The van der Waals surface area contributed by atoms with E-state index in [4.69, 9.17) is 9.63 Å². The first-order chi connectivity index (χ1) is 18.8. The zero-order valence-corrected chi connectivity index (χ0v) is 20.9. The fraction of sp³-hybridized carbons (Fsp3) is 0.226. The predicted octanol–water partition coefficient (Wildman–Crippen LogP) is 7.75. The standard InChI is InChI=1S/C31H25F3N2O3/c32-31(33,34)27-4-2-1-3-25(27)28-26(29(39-35-28)22-8-9-22)16-5-19-17-36(18-19)24-14-12-21(13-15-24)20-6-10-23(11-7-20)30(37)38/h1-7,10-16,19,22H,8-9,17-18H2,(H,37,38)/b16-5+.